The van der Waals surface area contributed by atoms with Crippen molar-refractivity contribution in [1.29, 1.82) is 0 Å². The van der Waals surface area contributed by atoms with Crippen molar-refractivity contribution in [1.82, 2.24) is 0 Å². The molecule has 0 unspecified atom stereocenters. The van der Waals surface area contributed by atoms with Crippen molar-refractivity contribution in [2.24, 2.45) is 0 Å². The molecule has 160 valence electrons. The van der Waals surface area contributed by atoms with Crippen LogP contribution in [0.4, 0.5) is 0 Å². The third kappa shape index (κ3) is 6.50. The molecular formula is C26H34Cl2Hf2. The fraction of sp³-hybridized carbons (Fsp3) is 0.308. The maximum atomic E-state index is 4.52. The number of rotatable bonds is 4. The predicted molar refractivity (Wildman–Crippen MR) is 135 cm³/mol. The standard InChI is InChI=1S/4C6H7.2CH2.2ClH.2Hf/c4*1-6-4-2-3-5-6;;;;;;/h4*2,4H,3H2,1H3;2*1H2;2*1H;;. The Labute approximate surface area is 210 Å². The van der Waals surface area contributed by atoms with Crippen LogP contribution in [-0.2, 0) is 41.9 Å². The average Bonchev–Trinajstić information content (AvgIpc) is 3.44. The molecule has 0 radical (unpaired) electrons. The summed E-state index contributed by atoms with van der Waals surface area (Å²) in [4.78, 5) is 0. The summed E-state index contributed by atoms with van der Waals surface area (Å²) in [6, 6.07) is 0. The van der Waals surface area contributed by atoms with Gasteiger partial charge in [0.05, 0.1) is 0 Å². The van der Waals surface area contributed by atoms with Gasteiger partial charge < -0.3 is 0 Å². The summed E-state index contributed by atoms with van der Waals surface area (Å²) in [6.45, 7) is 8.97. The van der Waals surface area contributed by atoms with E-state index in [4.69, 9.17) is 0 Å². The molecule has 0 aromatic carbocycles. The van der Waals surface area contributed by atoms with Gasteiger partial charge in [0.15, 0.2) is 0 Å². The van der Waals surface area contributed by atoms with Crippen LogP contribution >= 0.6 is 24.8 Å². The second-order valence-electron chi connectivity index (χ2n) is 8.03. The summed E-state index contributed by atoms with van der Waals surface area (Å²) in [5, 5.41) is 0. The van der Waals surface area contributed by atoms with Gasteiger partial charge in [0.1, 0.15) is 0 Å². The Hall–Kier alpha value is -0.0197. The molecule has 0 bridgehead atoms. The van der Waals surface area contributed by atoms with Crippen molar-refractivity contribution in [3.05, 3.63) is 84.2 Å². The first-order valence-electron chi connectivity index (χ1n) is 10.2. The molecule has 0 nitrogen and oxygen atoms in total. The number of halogens is 2. The van der Waals surface area contributed by atoms with Gasteiger partial charge in [0, 0.05) is 0 Å². The van der Waals surface area contributed by atoms with E-state index in [1.165, 1.54) is 48.0 Å². The monoisotopic (exact) mass is 776 g/mol. The Bertz CT molecular complexity index is 821. The third-order valence-electron chi connectivity index (χ3n) is 6.12. The molecular weight excluding hydrogens is 740 g/mol. The Balaban J connectivity index is 0.000000281. The minimum atomic E-state index is -1.80. The number of hydrogen-bond donors (Lipinski definition) is 0. The number of allylic oxidation sites excluding steroid dienone is 16. The van der Waals surface area contributed by atoms with Gasteiger partial charge in [-0.3, -0.25) is 0 Å². The van der Waals surface area contributed by atoms with Crippen molar-refractivity contribution in [2.45, 2.75) is 53.4 Å². The van der Waals surface area contributed by atoms with Crippen LogP contribution in [0, 0.1) is 0 Å². The van der Waals surface area contributed by atoms with Gasteiger partial charge in [-0.05, 0) is 0 Å². The molecule has 0 heterocycles. The van der Waals surface area contributed by atoms with Crippen LogP contribution in [0.1, 0.15) is 53.4 Å². The Morgan fingerprint density at radius 3 is 0.833 bits per heavy atom. The van der Waals surface area contributed by atoms with E-state index in [-0.39, 0.29) is 24.8 Å². The van der Waals surface area contributed by atoms with Crippen LogP contribution in [0.5, 0.6) is 0 Å². The van der Waals surface area contributed by atoms with E-state index in [2.05, 4.69) is 84.8 Å². The average molecular weight is 774 g/mol. The Morgan fingerprint density at radius 2 is 0.700 bits per heavy atom. The van der Waals surface area contributed by atoms with Crippen molar-refractivity contribution < 1.29 is 41.9 Å². The van der Waals surface area contributed by atoms with Crippen molar-refractivity contribution >= 4 is 33.3 Å². The molecule has 0 saturated carbocycles. The van der Waals surface area contributed by atoms with Crippen LogP contribution < -0.4 is 0 Å². The van der Waals surface area contributed by atoms with Gasteiger partial charge >= 0.3 is 188 Å². The summed E-state index contributed by atoms with van der Waals surface area (Å²) in [5.74, 6) is 0. The van der Waals surface area contributed by atoms with Crippen molar-refractivity contribution in [2.75, 3.05) is 0 Å². The van der Waals surface area contributed by atoms with Gasteiger partial charge in [0.25, 0.3) is 0 Å². The van der Waals surface area contributed by atoms with E-state index in [1.54, 1.807) is 13.3 Å². The molecule has 0 aromatic rings. The molecule has 4 aliphatic rings. The number of hydrogen-bond acceptors (Lipinski definition) is 0. The van der Waals surface area contributed by atoms with E-state index in [0.29, 0.717) is 0 Å². The van der Waals surface area contributed by atoms with Crippen LogP contribution in [0.2, 0.25) is 0 Å². The fourth-order valence-electron chi connectivity index (χ4n) is 4.27. The second kappa shape index (κ2) is 12.9. The maximum absolute atomic E-state index is 4.52. The van der Waals surface area contributed by atoms with E-state index in [9.17, 15) is 0 Å². The van der Waals surface area contributed by atoms with Gasteiger partial charge in [0.2, 0.25) is 0 Å². The summed E-state index contributed by atoms with van der Waals surface area (Å²) >= 11 is -3.60. The van der Waals surface area contributed by atoms with E-state index >= 15 is 0 Å². The third-order valence-corrected chi connectivity index (χ3v) is 25.2. The normalized spacial score (nSPS) is 18.8. The molecule has 0 fully saturated rings. The first-order chi connectivity index (χ1) is 13.4. The fourth-order valence-corrected chi connectivity index (χ4v) is 20.2. The van der Waals surface area contributed by atoms with Gasteiger partial charge in [-0.25, -0.2) is 0 Å². The van der Waals surface area contributed by atoms with Gasteiger partial charge in [-0.15, -0.1) is 24.8 Å². The first-order valence-corrected chi connectivity index (χ1v) is 22.5. The summed E-state index contributed by atoms with van der Waals surface area (Å²) in [7, 11) is 0. The Morgan fingerprint density at radius 1 is 0.500 bits per heavy atom. The summed E-state index contributed by atoms with van der Waals surface area (Å²) in [6.07, 6.45) is 23.0. The minimum absolute atomic E-state index is 0. The van der Waals surface area contributed by atoms with Crippen LogP contribution in [0.25, 0.3) is 0 Å². The quantitative estimate of drug-likeness (QED) is 0.256. The zero-order chi connectivity index (χ0) is 20.3. The molecule has 0 aromatic heterocycles. The first kappa shape index (κ1) is 28.0. The zero-order valence-electron chi connectivity index (χ0n) is 18.7. The molecule has 30 heavy (non-hydrogen) atoms. The molecule has 0 saturated heterocycles. The van der Waals surface area contributed by atoms with E-state index in [1.807, 2.05) is 0 Å². The summed E-state index contributed by atoms with van der Waals surface area (Å²) in [5.41, 5.74) is 6.03. The zero-order valence-corrected chi connectivity index (χ0v) is 27.5. The van der Waals surface area contributed by atoms with E-state index in [0.717, 1.165) is 0 Å². The summed E-state index contributed by atoms with van der Waals surface area (Å²) < 4.78 is 15.9. The van der Waals surface area contributed by atoms with Crippen LogP contribution in [0.3, 0.4) is 0 Å². The van der Waals surface area contributed by atoms with E-state index < -0.39 is 41.9 Å². The Kier molecular flexibility index (Phi) is 12.0. The second-order valence-corrected chi connectivity index (χ2v) is 23.6. The molecule has 0 amide bonds. The topological polar surface area (TPSA) is 0 Å². The molecule has 4 aliphatic carbocycles. The molecule has 0 N–H and O–H groups in total. The van der Waals surface area contributed by atoms with Crippen LogP contribution in [-0.4, -0.2) is 8.52 Å². The van der Waals surface area contributed by atoms with Crippen LogP contribution in [0.15, 0.2) is 84.2 Å². The molecule has 0 spiro atoms. The molecule has 0 atom stereocenters. The van der Waals surface area contributed by atoms with Crippen molar-refractivity contribution in [3.8, 4) is 0 Å². The molecule has 4 rings (SSSR count). The molecule has 0 aliphatic heterocycles. The predicted octanol–water partition coefficient (Wildman–Crippen LogP) is 7.85. The molecule has 4 heteroatoms. The van der Waals surface area contributed by atoms with Crippen molar-refractivity contribution in [3.63, 3.8) is 0 Å². The van der Waals surface area contributed by atoms with Gasteiger partial charge in [-0.2, -0.15) is 0 Å². The SMILES string of the molecule is Cl.Cl.[CH2]=[Hf]([C]1=C(C)C=CC1)[C]1=C(C)C=CC1.[CH2]=[Hf]([C]1=C(C)C=CC1)[C]1=C(C)C=CC1. The van der Waals surface area contributed by atoms with Gasteiger partial charge in [-0.1, -0.05) is 0 Å².